The van der Waals surface area contributed by atoms with E-state index in [0.29, 0.717) is 5.69 Å². The standard InChI is InChI=1S/C11H13FN2O2/c1-8-3-2-6-13(8)11-7-9(12)4-5-10(11)14(15)16/h4-5,7-8H,2-3,6H2,1H3/t8-/m1/s1. The molecule has 0 N–H and O–H groups in total. The summed E-state index contributed by atoms with van der Waals surface area (Å²) in [6.45, 7) is 2.76. The quantitative estimate of drug-likeness (QED) is 0.573. The van der Waals surface area contributed by atoms with Crippen LogP contribution in [0.4, 0.5) is 15.8 Å². The molecular formula is C11H13FN2O2. The van der Waals surface area contributed by atoms with Crippen LogP contribution in [0.3, 0.4) is 0 Å². The second-order valence-electron chi connectivity index (χ2n) is 4.07. The summed E-state index contributed by atoms with van der Waals surface area (Å²) >= 11 is 0. The zero-order valence-electron chi connectivity index (χ0n) is 9.02. The fourth-order valence-electron chi connectivity index (χ4n) is 2.17. The predicted octanol–water partition coefficient (Wildman–Crippen LogP) is 2.72. The maximum absolute atomic E-state index is 13.1. The monoisotopic (exact) mass is 224 g/mol. The summed E-state index contributed by atoms with van der Waals surface area (Å²) in [5.74, 6) is -0.431. The highest BCUT2D eigenvalue weighted by molar-refractivity contribution is 5.64. The van der Waals surface area contributed by atoms with Crippen LogP contribution in [0.2, 0.25) is 0 Å². The number of hydrogen-bond acceptors (Lipinski definition) is 3. The Balaban J connectivity index is 2.44. The van der Waals surface area contributed by atoms with Gasteiger partial charge in [-0.2, -0.15) is 0 Å². The van der Waals surface area contributed by atoms with Gasteiger partial charge in [0.2, 0.25) is 0 Å². The van der Waals surface area contributed by atoms with Crippen molar-refractivity contribution in [3.8, 4) is 0 Å². The molecule has 1 aromatic carbocycles. The number of nitro benzene ring substituents is 1. The van der Waals surface area contributed by atoms with Crippen LogP contribution in [0.25, 0.3) is 0 Å². The van der Waals surface area contributed by atoms with Crippen LogP contribution in [0.1, 0.15) is 19.8 Å². The van der Waals surface area contributed by atoms with Crippen LogP contribution in [-0.4, -0.2) is 17.5 Å². The number of benzene rings is 1. The molecule has 1 fully saturated rings. The maximum Gasteiger partial charge on any atom is 0.292 e. The van der Waals surface area contributed by atoms with Gasteiger partial charge in [-0.1, -0.05) is 0 Å². The van der Waals surface area contributed by atoms with Crippen molar-refractivity contribution >= 4 is 11.4 Å². The van der Waals surface area contributed by atoms with E-state index in [0.717, 1.165) is 25.5 Å². The largest absolute Gasteiger partial charge is 0.363 e. The van der Waals surface area contributed by atoms with Crippen molar-refractivity contribution in [3.05, 3.63) is 34.1 Å². The third kappa shape index (κ3) is 1.85. The van der Waals surface area contributed by atoms with E-state index < -0.39 is 10.7 Å². The minimum atomic E-state index is -0.459. The molecule has 2 rings (SSSR count). The van der Waals surface area contributed by atoms with Crippen molar-refractivity contribution < 1.29 is 9.31 Å². The third-order valence-corrected chi connectivity index (χ3v) is 3.00. The number of rotatable bonds is 2. The summed E-state index contributed by atoms with van der Waals surface area (Å²) in [4.78, 5) is 12.3. The van der Waals surface area contributed by atoms with E-state index in [1.54, 1.807) is 0 Å². The summed E-state index contributed by atoms with van der Waals surface area (Å²) < 4.78 is 13.1. The first-order valence-electron chi connectivity index (χ1n) is 5.30. The second-order valence-corrected chi connectivity index (χ2v) is 4.07. The molecule has 0 amide bonds. The van der Waals surface area contributed by atoms with Crippen LogP contribution < -0.4 is 4.90 Å². The summed E-state index contributed by atoms with van der Waals surface area (Å²) in [6.07, 6.45) is 1.99. The van der Waals surface area contributed by atoms with E-state index in [9.17, 15) is 14.5 Å². The summed E-state index contributed by atoms with van der Waals surface area (Å²) in [5, 5.41) is 10.9. The maximum atomic E-state index is 13.1. The average molecular weight is 224 g/mol. The van der Waals surface area contributed by atoms with Crippen molar-refractivity contribution in [2.75, 3.05) is 11.4 Å². The molecule has 0 radical (unpaired) electrons. The lowest BCUT2D eigenvalue weighted by molar-refractivity contribution is -0.384. The molecule has 0 aromatic heterocycles. The van der Waals surface area contributed by atoms with Crippen LogP contribution in [0, 0.1) is 15.9 Å². The van der Waals surface area contributed by atoms with E-state index in [-0.39, 0.29) is 11.7 Å². The Bertz CT molecular complexity index is 422. The van der Waals surface area contributed by atoms with Gasteiger partial charge in [-0.05, 0) is 25.8 Å². The molecular weight excluding hydrogens is 211 g/mol. The first kappa shape index (κ1) is 10.9. The lowest BCUT2D eigenvalue weighted by Crippen LogP contribution is -2.27. The van der Waals surface area contributed by atoms with Gasteiger partial charge in [0.15, 0.2) is 0 Å². The lowest BCUT2D eigenvalue weighted by Gasteiger charge is -2.23. The fraction of sp³-hybridized carbons (Fsp3) is 0.455. The Kier molecular flexibility index (Phi) is 2.77. The van der Waals surface area contributed by atoms with Gasteiger partial charge in [-0.3, -0.25) is 10.1 Å². The molecule has 0 unspecified atom stereocenters. The summed E-state index contributed by atoms with van der Waals surface area (Å²) in [6, 6.07) is 3.85. The number of nitrogens with zero attached hydrogens (tertiary/aromatic N) is 2. The molecule has 1 aliphatic rings. The van der Waals surface area contributed by atoms with Crippen LogP contribution in [0.5, 0.6) is 0 Å². The highest BCUT2D eigenvalue weighted by atomic mass is 19.1. The van der Waals surface area contributed by atoms with Crippen molar-refractivity contribution in [3.63, 3.8) is 0 Å². The SMILES string of the molecule is C[C@@H]1CCCN1c1cc(F)ccc1[N+](=O)[O-]. The minimum absolute atomic E-state index is 0.0184. The predicted molar refractivity (Wildman–Crippen MR) is 59.1 cm³/mol. The zero-order valence-corrected chi connectivity index (χ0v) is 9.02. The normalized spacial score (nSPS) is 20.1. The van der Waals surface area contributed by atoms with Gasteiger partial charge < -0.3 is 4.90 Å². The lowest BCUT2D eigenvalue weighted by atomic mass is 10.2. The van der Waals surface area contributed by atoms with Crippen molar-refractivity contribution in [1.29, 1.82) is 0 Å². The molecule has 1 aliphatic heterocycles. The van der Waals surface area contributed by atoms with Crippen molar-refractivity contribution in [2.45, 2.75) is 25.8 Å². The zero-order chi connectivity index (χ0) is 11.7. The number of hydrogen-bond donors (Lipinski definition) is 0. The molecule has 0 aliphatic carbocycles. The minimum Gasteiger partial charge on any atom is -0.363 e. The Morgan fingerprint density at radius 2 is 2.31 bits per heavy atom. The smallest absolute Gasteiger partial charge is 0.292 e. The molecule has 5 heteroatoms. The Hall–Kier alpha value is -1.65. The molecule has 0 spiro atoms. The molecule has 1 heterocycles. The molecule has 86 valence electrons. The summed E-state index contributed by atoms with van der Waals surface area (Å²) in [5.41, 5.74) is 0.380. The van der Waals surface area contributed by atoms with Gasteiger partial charge >= 0.3 is 0 Å². The van der Waals surface area contributed by atoms with Crippen LogP contribution in [0.15, 0.2) is 18.2 Å². The van der Waals surface area contributed by atoms with E-state index >= 15 is 0 Å². The molecule has 1 aromatic rings. The average Bonchev–Trinajstić information content (AvgIpc) is 2.63. The topological polar surface area (TPSA) is 46.4 Å². The van der Waals surface area contributed by atoms with Gasteiger partial charge in [-0.25, -0.2) is 4.39 Å². The van der Waals surface area contributed by atoms with E-state index in [1.807, 2.05) is 11.8 Å². The van der Waals surface area contributed by atoms with Gasteiger partial charge in [0.05, 0.1) is 4.92 Å². The molecule has 0 saturated carbocycles. The molecule has 1 atom stereocenters. The molecule has 0 bridgehead atoms. The Labute approximate surface area is 92.8 Å². The Morgan fingerprint density at radius 3 is 2.88 bits per heavy atom. The number of halogens is 1. The molecule has 16 heavy (non-hydrogen) atoms. The highest BCUT2D eigenvalue weighted by Gasteiger charge is 2.27. The first-order chi connectivity index (χ1) is 7.59. The van der Waals surface area contributed by atoms with E-state index in [1.165, 1.54) is 12.1 Å². The summed E-state index contributed by atoms with van der Waals surface area (Å²) in [7, 11) is 0. The second kappa shape index (κ2) is 4.08. The van der Waals surface area contributed by atoms with Gasteiger partial charge in [-0.15, -0.1) is 0 Å². The van der Waals surface area contributed by atoms with Gasteiger partial charge in [0.25, 0.3) is 5.69 Å². The number of anilines is 1. The van der Waals surface area contributed by atoms with E-state index in [4.69, 9.17) is 0 Å². The third-order valence-electron chi connectivity index (χ3n) is 3.00. The van der Waals surface area contributed by atoms with E-state index in [2.05, 4.69) is 0 Å². The van der Waals surface area contributed by atoms with Crippen molar-refractivity contribution in [1.82, 2.24) is 0 Å². The highest BCUT2D eigenvalue weighted by Crippen LogP contribution is 2.33. The van der Waals surface area contributed by atoms with Gasteiger partial charge in [0, 0.05) is 24.7 Å². The van der Waals surface area contributed by atoms with Gasteiger partial charge in [0.1, 0.15) is 11.5 Å². The fourth-order valence-corrected chi connectivity index (χ4v) is 2.17. The first-order valence-corrected chi connectivity index (χ1v) is 5.30. The number of nitro groups is 1. The molecule has 4 nitrogen and oxygen atoms in total. The van der Waals surface area contributed by atoms with Crippen LogP contribution in [-0.2, 0) is 0 Å². The molecule has 1 saturated heterocycles. The Morgan fingerprint density at radius 1 is 1.56 bits per heavy atom. The van der Waals surface area contributed by atoms with Crippen molar-refractivity contribution in [2.24, 2.45) is 0 Å². The van der Waals surface area contributed by atoms with Crippen LogP contribution >= 0.6 is 0 Å².